The van der Waals surface area contributed by atoms with E-state index >= 15 is 0 Å². The predicted octanol–water partition coefficient (Wildman–Crippen LogP) is 4.38. The van der Waals surface area contributed by atoms with Gasteiger partial charge in [0.2, 0.25) is 5.52 Å². The second-order valence-electron chi connectivity index (χ2n) is 7.20. The minimum absolute atomic E-state index is 0.277. The molecule has 4 rings (SSSR count). The van der Waals surface area contributed by atoms with E-state index in [-0.39, 0.29) is 5.75 Å². The third kappa shape index (κ3) is 4.71. The number of hydrogen-bond donors (Lipinski definition) is 2. The molecule has 0 atom stereocenters. The van der Waals surface area contributed by atoms with Gasteiger partial charge in [0.1, 0.15) is 10.4 Å². The fourth-order valence-corrected chi connectivity index (χ4v) is 5.22. The maximum Gasteiger partial charge on any atom is 0.265 e. The standard InChI is InChI=1S/C23H22N2O4S2/c1-29-20-15-16(7-10-19(20)24)8-12-22-25(13-4-14-31(26,27)28)23-18-6-3-2-5-17(18)9-11-21(23)30-22/h2-3,5-12,15,24H,4,13-14H2,1H3,(H,26,27,28)/p+1. The fourth-order valence-electron chi connectivity index (χ4n) is 3.62. The number of hydrogen-bond acceptors (Lipinski definition) is 5. The molecule has 0 saturated heterocycles. The number of nitrogens with zero attached hydrogens (tertiary/aromatic N) is 1. The number of methoxy groups -OCH3 is 1. The number of thiazole rings is 1. The number of benzene rings is 3. The van der Waals surface area contributed by atoms with Crippen molar-refractivity contribution < 1.29 is 22.3 Å². The number of ether oxygens (including phenoxy) is 1. The Morgan fingerprint density at radius 1 is 1.13 bits per heavy atom. The first-order chi connectivity index (χ1) is 14.9. The van der Waals surface area contributed by atoms with Crippen molar-refractivity contribution in [1.29, 1.82) is 0 Å². The molecule has 0 aliphatic rings. The molecule has 8 heteroatoms. The summed E-state index contributed by atoms with van der Waals surface area (Å²) in [5, 5.41) is 3.21. The number of aromatic nitrogens is 1. The van der Waals surface area contributed by atoms with Gasteiger partial charge >= 0.3 is 0 Å². The molecule has 0 aliphatic carbocycles. The van der Waals surface area contributed by atoms with Crippen LogP contribution in [0.1, 0.15) is 17.0 Å². The van der Waals surface area contributed by atoms with Crippen LogP contribution in [0.4, 0.5) is 5.69 Å². The number of nitrogens with two attached hydrogens (primary N) is 1. The minimum atomic E-state index is -4.01. The quantitative estimate of drug-likeness (QED) is 0.245. The molecule has 0 saturated carbocycles. The molecule has 31 heavy (non-hydrogen) atoms. The van der Waals surface area contributed by atoms with Crippen molar-refractivity contribution in [3.8, 4) is 5.75 Å². The van der Waals surface area contributed by atoms with Gasteiger partial charge in [0, 0.05) is 12.5 Å². The van der Waals surface area contributed by atoms with Crippen molar-refractivity contribution in [2.24, 2.45) is 0 Å². The van der Waals surface area contributed by atoms with Gasteiger partial charge in [-0.05, 0) is 41.3 Å². The van der Waals surface area contributed by atoms with E-state index in [1.54, 1.807) is 24.5 Å². The summed E-state index contributed by atoms with van der Waals surface area (Å²) in [7, 11) is -2.42. The highest BCUT2D eigenvalue weighted by atomic mass is 32.2. The Labute approximate surface area is 185 Å². The lowest BCUT2D eigenvalue weighted by atomic mass is 10.1. The summed E-state index contributed by atoms with van der Waals surface area (Å²) in [6.45, 7) is 0.471. The highest BCUT2D eigenvalue weighted by Gasteiger charge is 2.21. The molecule has 6 nitrogen and oxygen atoms in total. The summed E-state index contributed by atoms with van der Waals surface area (Å²) < 4.78 is 40.2. The van der Waals surface area contributed by atoms with E-state index in [4.69, 9.17) is 15.0 Å². The van der Waals surface area contributed by atoms with E-state index in [2.05, 4.69) is 28.8 Å². The molecular weight excluding hydrogens is 432 g/mol. The van der Waals surface area contributed by atoms with Gasteiger partial charge in [-0.25, -0.2) is 0 Å². The molecule has 3 aromatic carbocycles. The molecule has 1 aromatic heterocycles. The summed E-state index contributed by atoms with van der Waals surface area (Å²) in [6, 6.07) is 17.9. The van der Waals surface area contributed by atoms with Crippen LogP contribution in [0.25, 0.3) is 33.1 Å². The van der Waals surface area contributed by atoms with Crippen molar-refractivity contribution >= 4 is 60.3 Å². The van der Waals surface area contributed by atoms with Gasteiger partial charge in [0.25, 0.3) is 15.1 Å². The van der Waals surface area contributed by atoms with Crippen LogP contribution < -0.4 is 15.0 Å². The Bertz CT molecular complexity index is 1390. The topological polar surface area (TPSA) is 93.5 Å². The zero-order valence-corrected chi connectivity index (χ0v) is 18.6. The molecule has 160 valence electrons. The molecule has 0 unspecified atom stereocenters. The monoisotopic (exact) mass is 455 g/mol. The van der Waals surface area contributed by atoms with Crippen molar-refractivity contribution in [2.45, 2.75) is 13.0 Å². The molecule has 0 spiro atoms. The average molecular weight is 456 g/mol. The second-order valence-corrected chi connectivity index (χ2v) is 9.83. The van der Waals surface area contributed by atoms with Gasteiger partial charge in [-0.3, -0.25) is 4.55 Å². The molecule has 0 fully saturated rings. The Hall–Kier alpha value is -2.94. The average Bonchev–Trinajstić information content (AvgIpc) is 3.10. The van der Waals surface area contributed by atoms with Crippen molar-refractivity contribution in [3.05, 3.63) is 65.2 Å². The Morgan fingerprint density at radius 2 is 1.94 bits per heavy atom. The zero-order valence-electron chi connectivity index (χ0n) is 17.0. The summed E-state index contributed by atoms with van der Waals surface area (Å²) in [5.41, 5.74) is 8.49. The summed E-state index contributed by atoms with van der Waals surface area (Å²) in [5.74, 6) is 0.339. The van der Waals surface area contributed by atoms with E-state index in [9.17, 15) is 8.42 Å². The number of anilines is 1. The maximum atomic E-state index is 11.2. The Balaban J connectivity index is 1.79. The molecule has 1 heterocycles. The number of aryl methyl sites for hydroxylation is 1. The first-order valence-electron chi connectivity index (χ1n) is 9.76. The van der Waals surface area contributed by atoms with Gasteiger partial charge in [0.15, 0.2) is 6.54 Å². The molecule has 0 radical (unpaired) electrons. The lowest BCUT2D eigenvalue weighted by Gasteiger charge is -2.04. The maximum absolute atomic E-state index is 11.2. The summed E-state index contributed by atoms with van der Waals surface area (Å²) in [6.07, 6.45) is 4.31. The molecular formula is C23H23N2O4S2+. The van der Waals surface area contributed by atoms with Crippen LogP contribution in [0, 0.1) is 0 Å². The SMILES string of the molecule is COc1cc(/C=C/c2sc3ccc4ccccc4c3[n+]2CCCS(=O)(=O)O)ccc1N. The van der Waals surface area contributed by atoms with E-state index in [0.29, 0.717) is 24.4 Å². The van der Waals surface area contributed by atoms with Crippen LogP contribution in [0.5, 0.6) is 5.75 Å². The van der Waals surface area contributed by atoms with Crippen LogP contribution >= 0.6 is 11.3 Å². The van der Waals surface area contributed by atoms with E-state index in [1.807, 2.05) is 36.4 Å². The lowest BCUT2D eigenvalue weighted by molar-refractivity contribution is -0.667. The normalized spacial score (nSPS) is 12.2. The first kappa shape index (κ1) is 21.3. The molecule has 0 bridgehead atoms. The highest BCUT2D eigenvalue weighted by molar-refractivity contribution is 7.85. The van der Waals surface area contributed by atoms with Crippen LogP contribution in [0.3, 0.4) is 0 Å². The predicted molar refractivity (Wildman–Crippen MR) is 127 cm³/mol. The van der Waals surface area contributed by atoms with Gasteiger partial charge in [0.05, 0.1) is 23.9 Å². The highest BCUT2D eigenvalue weighted by Crippen LogP contribution is 2.30. The molecule has 0 amide bonds. The summed E-state index contributed by atoms with van der Waals surface area (Å²) in [4.78, 5) is 0. The van der Waals surface area contributed by atoms with Gasteiger partial charge in [-0.2, -0.15) is 13.0 Å². The van der Waals surface area contributed by atoms with E-state index < -0.39 is 10.1 Å². The van der Waals surface area contributed by atoms with Crippen molar-refractivity contribution in [3.63, 3.8) is 0 Å². The van der Waals surface area contributed by atoms with Crippen LogP contribution in [-0.2, 0) is 16.7 Å². The van der Waals surface area contributed by atoms with Crippen molar-refractivity contribution in [2.75, 3.05) is 18.6 Å². The summed E-state index contributed by atoms with van der Waals surface area (Å²) >= 11 is 1.64. The fraction of sp³-hybridized carbons (Fsp3) is 0.174. The molecule has 0 aliphatic heterocycles. The van der Waals surface area contributed by atoms with Gasteiger partial charge in [-0.15, -0.1) is 0 Å². The van der Waals surface area contributed by atoms with E-state index in [1.165, 1.54) is 0 Å². The van der Waals surface area contributed by atoms with Crippen LogP contribution in [-0.4, -0.2) is 25.8 Å². The smallest absolute Gasteiger partial charge is 0.265 e. The molecule has 4 aromatic rings. The zero-order chi connectivity index (χ0) is 22.0. The third-order valence-electron chi connectivity index (χ3n) is 5.07. The van der Waals surface area contributed by atoms with Gasteiger partial charge < -0.3 is 10.5 Å². The van der Waals surface area contributed by atoms with Gasteiger partial charge in [-0.1, -0.05) is 41.7 Å². The van der Waals surface area contributed by atoms with Crippen molar-refractivity contribution in [1.82, 2.24) is 0 Å². The first-order valence-corrected chi connectivity index (χ1v) is 12.2. The number of rotatable bonds is 7. The lowest BCUT2D eigenvalue weighted by Crippen LogP contribution is -2.36. The Kier molecular flexibility index (Phi) is 5.95. The number of fused-ring (bicyclic) bond motifs is 3. The minimum Gasteiger partial charge on any atom is -0.495 e. The van der Waals surface area contributed by atoms with Crippen LogP contribution in [0.15, 0.2) is 54.6 Å². The number of nitrogen functional groups attached to an aromatic ring is 1. The largest absolute Gasteiger partial charge is 0.495 e. The third-order valence-corrected chi connectivity index (χ3v) is 6.99. The molecule has 3 N–H and O–H groups in total. The van der Waals surface area contributed by atoms with E-state index in [0.717, 1.165) is 31.6 Å². The Morgan fingerprint density at radius 3 is 2.71 bits per heavy atom. The second kappa shape index (κ2) is 8.66. The van der Waals surface area contributed by atoms with Crippen LogP contribution in [0.2, 0.25) is 0 Å².